The Morgan fingerprint density at radius 1 is 1.43 bits per heavy atom. The lowest BCUT2D eigenvalue weighted by Crippen LogP contribution is -2.48. The second-order valence-electron chi connectivity index (χ2n) is 7.31. The number of ether oxygens (including phenoxy) is 1. The standard InChI is InChI=1S/C17H30N4O2/c1-6-21-11-13(10-18-21)12(2)19-14-8-7-9-15(14)20-16(22)23-17(3,4)5/h10-12,14-15,19H,6-9H2,1-5H3,(H,20,22). The van der Waals surface area contributed by atoms with Crippen LogP contribution in [0.1, 0.15) is 65.5 Å². The molecule has 0 bridgehead atoms. The highest BCUT2D eigenvalue weighted by atomic mass is 16.6. The van der Waals surface area contributed by atoms with Crippen LogP contribution in [0, 0.1) is 0 Å². The third kappa shape index (κ3) is 5.23. The molecule has 1 amide bonds. The number of alkyl carbamates (subject to hydrolysis) is 1. The zero-order valence-corrected chi connectivity index (χ0v) is 14.9. The van der Waals surface area contributed by atoms with Crippen LogP contribution in [0.2, 0.25) is 0 Å². The zero-order chi connectivity index (χ0) is 17.0. The van der Waals surface area contributed by atoms with Crippen molar-refractivity contribution in [2.24, 2.45) is 0 Å². The maximum absolute atomic E-state index is 12.0. The number of rotatable bonds is 5. The van der Waals surface area contributed by atoms with Gasteiger partial charge in [-0.1, -0.05) is 0 Å². The van der Waals surface area contributed by atoms with Gasteiger partial charge in [-0.15, -0.1) is 0 Å². The summed E-state index contributed by atoms with van der Waals surface area (Å²) < 4.78 is 7.29. The van der Waals surface area contributed by atoms with E-state index in [9.17, 15) is 4.79 Å². The Bertz CT molecular complexity index is 521. The molecule has 0 aliphatic heterocycles. The molecule has 23 heavy (non-hydrogen) atoms. The summed E-state index contributed by atoms with van der Waals surface area (Å²) in [5.41, 5.74) is 0.711. The lowest BCUT2D eigenvalue weighted by atomic mass is 10.1. The highest BCUT2D eigenvalue weighted by Crippen LogP contribution is 2.23. The van der Waals surface area contributed by atoms with Crippen molar-refractivity contribution in [3.8, 4) is 0 Å². The van der Waals surface area contributed by atoms with E-state index in [2.05, 4.69) is 35.8 Å². The summed E-state index contributed by atoms with van der Waals surface area (Å²) in [6.07, 6.45) is 6.81. The first-order valence-electron chi connectivity index (χ1n) is 8.56. The Morgan fingerprint density at radius 2 is 2.13 bits per heavy atom. The minimum atomic E-state index is -0.465. The second-order valence-corrected chi connectivity index (χ2v) is 7.31. The molecule has 0 spiro atoms. The Kier molecular flexibility index (Phi) is 5.68. The highest BCUT2D eigenvalue weighted by molar-refractivity contribution is 5.68. The van der Waals surface area contributed by atoms with Gasteiger partial charge in [-0.05, 0) is 53.9 Å². The summed E-state index contributed by atoms with van der Waals surface area (Å²) in [6, 6.07) is 0.595. The molecular weight excluding hydrogens is 292 g/mol. The predicted octanol–water partition coefficient (Wildman–Crippen LogP) is 3.00. The fourth-order valence-electron chi connectivity index (χ4n) is 2.98. The minimum Gasteiger partial charge on any atom is -0.444 e. The van der Waals surface area contributed by atoms with Crippen molar-refractivity contribution in [2.75, 3.05) is 0 Å². The van der Waals surface area contributed by atoms with Gasteiger partial charge in [0.2, 0.25) is 0 Å². The van der Waals surface area contributed by atoms with Crippen LogP contribution >= 0.6 is 0 Å². The number of nitrogens with zero attached hydrogens (tertiary/aromatic N) is 2. The van der Waals surface area contributed by atoms with E-state index in [4.69, 9.17) is 4.74 Å². The Labute approximate surface area is 139 Å². The molecule has 1 saturated carbocycles. The molecule has 1 aromatic rings. The molecule has 3 unspecified atom stereocenters. The van der Waals surface area contributed by atoms with Crippen molar-refractivity contribution < 1.29 is 9.53 Å². The van der Waals surface area contributed by atoms with E-state index in [1.165, 1.54) is 5.56 Å². The fourth-order valence-corrected chi connectivity index (χ4v) is 2.98. The topological polar surface area (TPSA) is 68.2 Å². The number of nitrogens with one attached hydrogen (secondary N) is 2. The predicted molar refractivity (Wildman–Crippen MR) is 90.2 cm³/mol. The molecular formula is C17H30N4O2. The number of amides is 1. The summed E-state index contributed by atoms with van der Waals surface area (Å²) in [4.78, 5) is 12.0. The quantitative estimate of drug-likeness (QED) is 0.874. The van der Waals surface area contributed by atoms with Gasteiger partial charge in [-0.2, -0.15) is 5.10 Å². The van der Waals surface area contributed by atoms with Gasteiger partial charge in [-0.25, -0.2) is 4.79 Å². The average Bonchev–Trinajstić information content (AvgIpc) is 3.06. The molecule has 3 atom stereocenters. The Hall–Kier alpha value is -1.56. The van der Waals surface area contributed by atoms with Crippen molar-refractivity contribution in [1.29, 1.82) is 0 Å². The summed E-state index contributed by atoms with van der Waals surface area (Å²) in [6.45, 7) is 10.7. The van der Waals surface area contributed by atoms with E-state index >= 15 is 0 Å². The molecule has 6 nitrogen and oxygen atoms in total. The molecule has 1 heterocycles. The van der Waals surface area contributed by atoms with Crippen molar-refractivity contribution in [3.63, 3.8) is 0 Å². The molecule has 1 fully saturated rings. The smallest absolute Gasteiger partial charge is 0.407 e. The Balaban J connectivity index is 1.89. The molecule has 1 aliphatic carbocycles. The summed E-state index contributed by atoms with van der Waals surface area (Å²) in [7, 11) is 0. The van der Waals surface area contributed by atoms with Crippen LogP contribution < -0.4 is 10.6 Å². The van der Waals surface area contributed by atoms with Crippen LogP contribution in [0.5, 0.6) is 0 Å². The molecule has 1 aliphatic rings. The van der Waals surface area contributed by atoms with E-state index < -0.39 is 5.60 Å². The van der Waals surface area contributed by atoms with Crippen LogP contribution in [0.3, 0.4) is 0 Å². The number of carbonyl (C=O) groups excluding carboxylic acids is 1. The van der Waals surface area contributed by atoms with Gasteiger partial charge in [0, 0.05) is 36.4 Å². The molecule has 2 rings (SSSR count). The van der Waals surface area contributed by atoms with Crippen molar-refractivity contribution in [2.45, 2.75) is 84.2 Å². The summed E-state index contributed by atoms with van der Waals surface area (Å²) >= 11 is 0. The first kappa shape index (κ1) is 17.8. The third-order valence-electron chi connectivity index (χ3n) is 4.16. The number of carbonyl (C=O) groups is 1. The van der Waals surface area contributed by atoms with E-state index in [0.29, 0.717) is 0 Å². The highest BCUT2D eigenvalue weighted by Gasteiger charge is 2.31. The largest absolute Gasteiger partial charge is 0.444 e. The molecule has 1 aromatic heterocycles. The normalized spacial score (nSPS) is 22.8. The lowest BCUT2D eigenvalue weighted by Gasteiger charge is -2.27. The summed E-state index contributed by atoms with van der Waals surface area (Å²) in [5.74, 6) is 0. The van der Waals surface area contributed by atoms with Gasteiger partial charge >= 0.3 is 6.09 Å². The van der Waals surface area contributed by atoms with Crippen molar-refractivity contribution in [3.05, 3.63) is 18.0 Å². The third-order valence-corrected chi connectivity index (χ3v) is 4.16. The maximum Gasteiger partial charge on any atom is 0.407 e. The first-order valence-corrected chi connectivity index (χ1v) is 8.56. The fraction of sp³-hybridized carbons (Fsp3) is 0.765. The molecule has 2 N–H and O–H groups in total. The van der Waals surface area contributed by atoms with Gasteiger partial charge < -0.3 is 15.4 Å². The van der Waals surface area contributed by atoms with Crippen LogP contribution in [-0.4, -0.2) is 33.6 Å². The van der Waals surface area contributed by atoms with E-state index in [0.717, 1.165) is 25.8 Å². The van der Waals surface area contributed by atoms with Crippen LogP contribution in [-0.2, 0) is 11.3 Å². The van der Waals surface area contributed by atoms with Gasteiger partial charge in [0.05, 0.1) is 6.20 Å². The van der Waals surface area contributed by atoms with Gasteiger partial charge in [0.15, 0.2) is 0 Å². The van der Waals surface area contributed by atoms with E-state index in [-0.39, 0.29) is 24.2 Å². The molecule has 130 valence electrons. The van der Waals surface area contributed by atoms with Crippen LogP contribution in [0.25, 0.3) is 0 Å². The average molecular weight is 322 g/mol. The van der Waals surface area contributed by atoms with Crippen molar-refractivity contribution in [1.82, 2.24) is 20.4 Å². The monoisotopic (exact) mass is 322 g/mol. The second kappa shape index (κ2) is 7.34. The Morgan fingerprint density at radius 3 is 2.74 bits per heavy atom. The first-order chi connectivity index (χ1) is 10.8. The van der Waals surface area contributed by atoms with Gasteiger partial charge in [0.1, 0.15) is 5.60 Å². The van der Waals surface area contributed by atoms with Crippen LogP contribution in [0.4, 0.5) is 4.79 Å². The van der Waals surface area contributed by atoms with Gasteiger partial charge in [-0.3, -0.25) is 4.68 Å². The number of hydrogen-bond acceptors (Lipinski definition) is 4. The summed E-state index contributed by atoms with van der Waals surface area (Å²) in [5, 5.41) is 11.0. The lowest BCUT2D eigenvalue weighted by molar-refractivity contribution is 0.0497. The maximum atomic E-state index is 12.0. The van der Waals surface area contributed by atoms with Crippen molar-refractivity contribution >= 4 is 6.09 Å². The molecule has 0 saturated heterocycles. The SMILES string of the molecule is CCn1cc(C(C)NC2CCCC2NC(=O)OC(C)(C)C)cn1. The number of aryl methyl sites for hydroxylation is 1. The minimum absolute atomic E-state index is 0.119. The number of aromatic nitrogens is 2. The molecule has 0 aromatic carbocycles. The molecule has 0 radical (unpaired) electrons. The number of hydrogen-bond donors (Lipinski definition) is 2. The molecule has 6 heteroatoms. The van der Waals surface area contributed by atoms with Crippen LogP contribution in [0.15, 0.2) is 12.4 Å². The van der Waals surface area contributed by atoms with Gasteiger partial charge in [0.25, 0.3) is 0 Å². The zero-order valence-electron chi connectivity index (χ0n) is 14.9. The van der Waals surface area contributed by atoms with E-state index in [1.54, 1.807) is 0 Å². The van der Waals surface area contributed by atoms with E-state index in [1.807, 2.05) is 31.6 Å².